The van der Waals surface area contributed by atoms with Crippen molar-refractivity contribution in [3.63, 3.8) is 0 Å². The van der Waals surface area contributed by atoms with E-state index in [0.29, 0.717) is 48.5 Å². The first-order chi connectivity index (χ1) is 13.7. The molecule has 0 bridgehead atoms. The number of amides is 1. The molecule has 0 saturated carbocycles. The Kier molecular flexibility index (Phi) is 6.13. The van der Waals surface area contributed by atoms with E-state index in [9.17, 15) is 9.00 Å². The fourth-order valence-corrected chi connectivity index (χ4v) is 3.62. The van der Waals surface area contributed by atoms with Crippen molar-refractivity contribution in [1.82, 2.24) is 20.3 Å². The number of rotatable bonds is 4. The minimum atomic E-state index is -2.41. The van der Waals surface area contributed by atoms with Crippen LogP contribution in [-0.4, -0.2) is 70.4 Å². The number of carbonyl (C=O) groups excluding carboxylic acids is 1. The molecule has 1 atom stereocenters. The second kappa shape index (κ2) is 8.42. The maximum atomic E-state index is 12.3. The van der Waals surface area contributed by atoms with Gasteiger partial charge in [0.25, 0.3) is 5.91 Å². The molecule has 0 spiro atoms. The molecule has 29 heavy (non-hydrogen) atoms. The molecule has 1 N–H and O–H groups in total. The van der Waals surface area contributed by atoms with Crippen LogP contribution < -0.4 is 10.2 Å². The van der Waals surface area contributed by atoms with Gasteiger partial charge in [0.15, 0.2) is 11.6 Å². The molecule has 2 aromatic heterocycles. The Morgan fingerprint density at radius 2 is 2.03 bits per heavy atom. The van der Waals surface area contributed by atoms with Crippen molar-refractivity contribution < 1.29 is 13.7 Å². The Morgan fingerprint density at radius 1 is 1.28 bits per heavy atom. The Hall–Kier alpha value is -2.59. The Bertz CT molecular complexity index is 1040. The molecule has 1 aliphatic heterocycles. The number of aryl methyl sites for hydroxylation is 1. The van der Waals surface area contributed by atoms with Crippen LogP contribution in [0, 0.1) is 6.92 Å². The first-order valence-electron chi connectivity index (χ1n) is 9.28. The summed E-state index contributed by atoms with van der Waals surface area (Å²) in [5.74, 6) is 1.14. The zero-order valence-electron chi connectivity index (χ0n) is 17.3. The van der Waals surface area contributed by atoms with E-state index in [0.717, 1.165) is 0 Å². The van der Waals surface area contributed by atoms with Crippen LogP contribution in [0.25, 0.3) is 11.4 Å². The van der Waals surface area contributed by atoms with E-state index in [4.69, 9.17) is 9.72 Å². The predicted octanol–water partition coefficient (Wildman–Crippen LogP) is 1.79. The van der Waals surface area contributed by atoms with Crippen molar-refractivity contribution in [3.8, 4) is 11.4 Å². The third kappa shape index (κ3) is 5.27. The van der Waals surface area contributed by atoms with Gasteiger partial charge < -0.3 is 15.0 Å². The Labute approximate surface area is 171 Å². The number of hydrogen-bond donors (Lipinski definition) is 1. The zero-order valence-corrected chi connectivity index (χ0v) is 18.1. The molecule has 1 saturated heterocycles. The number of nitrogens with zero attached hydrogens (tertiary/aromatic N) is 5. The van der Waals surface area contributed by atoms with Gasteiger partial charge in [-0.1, -0.05) is 0 Å². The normalized spacial score (nSPS) is 17.1. The zero-order chi connectivity index (χ0) is 21.2. The van der Waals surface area contributed by atoms with Gasteiger partial charge in [-0.2, -0.15) is 4.36 Å². The van der Waals surface area contributed by atoms with Crippen LogP contribution >= 0.6 is 0 Å². The molecule has 3 heterocycles. The SMILES string of the molecule is CNC(=O)c1cc(-c2nc(N=S(C)(C)=O)cc(N3CCOC[C@H]3C)n2)cc(C)n1. The molecule has 1 fully saturated rings. The number of nitrogens with one attached hydrogen (secondary N) is 1. The molecule has 0 unspecified atom stereocenters. The summed E-state index contributed by atoms with van der Waals surface area (Å²) in [6.07, 6.45) is 3.12. The minimum absolute atomic E-state index is 0.132. The maximum absolute atomic E-state index is 12.3. The first kappa shape index (κ1) is 21.1. The van der Waals surface area contributed by atoms with Crippen LogP contribution in [0.3, 0.4) is 0 Å². The molecule has 2 aromatic rings. The summed E-state index contributed by atoms with van der Waals surface area (Å²) in [5, 5.41) is 2.58. The van der Waals surface area contributed by atoms with Gasteiger partial charge in [0.2, 0.25) is 0 Å². The molecule has 0 radical (unpaired) electrons. The predicted molar refractivity (Wildman–Crippen MR) is 113 cm³/mol. The second-order valence-corrected chi connectivity index (χ2v) is 9.80. The fourth-order valence-electron chi connectivity index (χ4n) is 3.08. The van der Waals surface area contributed by atoms with Crippen molar-refractivity contribution in [1.29, 1.82) is 0 Å². The monoisotopic (exact) mass is 418 g/mol. The van der Waals surface area contributed by atoms with Crippen LogP contribution in [0.1, 0.15) is 23.1 Å². The number of carbonyl (C=O) groups is 1. The summed E-state index contributed by atoms with van der Waals surface area (Å²) in [5.41, 5.74) is 1.60. The molecule has 1 aliphatic rings. The number of hydrogen-bond acceptors (Lipinski definition) is 8. The van der Waals surface area contributed by atoms with Gasteiger partial charge in [-0.3, -0.25) is 4.79 Å². The Morgan fingerprint density at radius 3 is 2.69 bits per heavy atom. The van der Waals surface area contributed by atoms with Gasteiger partial charge in [0.05, 0.1) is 19.3 Å². The van der Waals surface area contributed by atoms with Gasteiger partial charge in [-0.05, 0) is 26.0 Å². The van der Waals surface area contributed by atoms with Gasteiger partial charge in [-0.15, -0.1) is 0 Å². The quantitative estimate of drug-likeness (QED) is 0.806. The smallest absolute Gasteiger partial charge is 0.269 e. The molecule has 3 rings (SSSR count). The fraction of sp³-hybridized carbons (Fsp3) is 0.474. The molecule has 0 aliphatic carbocycles. The highest BCUT2D eigenvalue weighted by Gasteiger charge is 2.22. The van der Waals surface area contributed by atoms with E-state index in [1.165, 1.54) is 0 Å². The lowest BCUT2D eigenvalue weighted by atomic mass is 10.1. The minimum Gasteiger partial charge on any atom is -0.377 e. The number of pyridine rings is 1. The van der Waals surface area contributed by atoms with E-state index in [2.05, 4.69) is 31.5 Å². The summed E-state index contributed by atoms with van der Waals surface area (Å²) >= 11 is 0. The van der Waals surface area contributed by atoms with Crippen molar-refractivity contribution >= 4 is 27.3 Å². The topological polar surface area (TPSA) is 110 Å². The standard InChI is InChI=1S/C19H26N6O3S/c1-12-8-14(9-15(21-12)19(26)20-3)18-22-16(24-29(4,5)27)10-17(23-18)25-6-7-28-11-13(25)2/h8-10,13H,6-7,11H2,1-5H3,(H,20,26)/t13-/m1/s1. The van der Waals surface area contributed by atoms with Gasteiger partial charge >= 0.3 is 0 Å². The first-order valence-corrected chi connectivity index (χ1v) is 11.6. The highest BCUT2D eigenvalue weighted by molar-refractivity contribution is 7.92. The average Bonchev–Trinajstić information content (AvgIpc) is 2.65. The van der Waals surface area contributed by atoms with Crippen LogP contribution in [-0.2, 0) is 14.5 Å². The number of aromatic nitrogens is 3. The van der Waals surface area contributed by atoms with E-state index in [1.54, 1.807) is 38.6 Å². The molecule has 1 amide bonds. The molecule has 9 nitrogen and oxygen atoms in total. The summed E-state index contributed by atoms with van der Waals surface area (Å²) in [7, 11) is -0.851. The molecular weight excluding hydrogens is 392 g/mol. The van der Waals surface area contributed by atoms with Gasteiger partial charge in [0.1, 0.15) is 11.5 Å². The lowest BCUT2D eigenvalue weighted by Crippen LogP contribution is -2.44. The number of morpholine rings is 1. The summed E-state index contributed by atoms with van der Waals surface area (Å²) in [6, 6.07) is 5.33. The summed E-state index contributed by atoms with van der Waals surface area (Å²) in [4.78, 5) is 27.7. The van der Waals surface area contributed by atoms with E-state index >= 15 is 0 Å². The molecular formula is C19H26N6O3S. The molecule has 156 valence electrons. The third-order valence-corrected chi connectivity index (χ3v) is 4.97. The van der Waals surface area contributed by atoms with Crippen LogP contribution in [0.15, 0.2) is 22.6 Å². The van der Waals surface area contributed by atoms with Gasteiger partial charge in [0, 0.05) is 53.2 Å². The largest absolute Gasteiger partial charge is 0.377 e. The maximum Gasteiger partial charge on any atom is 0.269 e. The number of anilines is 1. The van der Waals surface area contributed by atoms with E-state index < -0.39 is 9.73 Å². The summed E-state index contributed by atoms with van der Waals surface area (Å²) in [6.45, 7) is 5.74. The van der Waals surface area contributed by atoms with Crippen LogP contribution in [0.2, 0.25) is 0 Å². The molecule has 0 aromatic carbocycles. The highest BCUT2D eigenvalue weighted by atomic mass is 32.2. The lowest BCUT2D eigenvalue weighted by molar-refractivity contribution is 0.0958. The van der Waals surface area contributed by atoms with Crippen molar-refractivity contribution in [2.75, 3.05) is 44.2 Å². The van der Waals surface area contributed by atoms with Crippen molar-refractivity contribution in [2.45, 2.75) is 19.9 Å². The third-order valence-electron chi connectivity index (χ3n) is 4.35. The number of ether oxygens (including phenoxy) is 1. The van der Waals surface area contributed by atoms with E-state index in [1.807, 2.05) is 6.07 Å². The van der Waals surface area contributed by atoms with Crippen molar-refractivity contribution in [2.24, 2.45) is 4.36 Å². The lowest BCUT2D eigenvalue weighted by Gasteiger charge is -2.34. The van der Waals surface area contributed by atoms with Crippen molar-refractivity contribution in [3.05, 3.63) is 29.6 Å². The Balaban J connectivity index is 2.17. The highest BCUT2D eigenvalue weighted by Crippen LogP contribution is 2.27. The second-order valence-electron chi connectivity index (χ2n) is 7.26. The van der Waals surface area contributed by atoms with Crippen LogP contribution in [0.5, 0.6) is 0 Å². The van der Waals surface area contributed by atoms with Gasteiger partial charge in [-0.25, -0.2) is 19.2 Å². The summed E-state index contributed by atoms with van der Waals surface area (Å²) < 4.78 is 22.1. The van der Waals surface area contributed by atoms with Crippen LogP contribution in [0.4, 0.5) is 11.6 Å². The van der Waals surface area contributed by atoms with E-state index in [-0.39, 0.29) is 17.6 Å². The average molecular weight is 419 g/mol. The molecule has 10 heteroatoms.